The van der Waals surface area contributed by atoms with Gasteiger partial charge in [-0.05, 0) is 43.0 Å². The van der Waals surface area contributed by atoms with Crippen LogP contribution in [-0.4, -0.2) is 30.1 Å². The summed E-state index contributed by atoms with van der Waals surface area (Å²) in [7, 11) is 0. The summed E-state index contributed by atoms with van der Waals surface area (Å²) in [5.41, 5.74) is 4.23. The third-order valence-electron chi connectivity index (χ3n) is 5.57. The van der Waals surface area contributed by atoms with Gasteiger partial charge < -0.3 is 10.2 Å². The van der Waals surface area contributed by atoms with Gasteiger partial charge in [-0.1, -0.05) is 72.8 Å². The van der Waals surface area contributed by atoms with Gasteiger partial charge in [0.15, 0.2) is 0 Å². The summed E-state index contributed by atoms with van der Waals surface area (Å²) >= 11 is 0. The van der Waals surface area contributed by atoms with E-state index in [1.54, 1.807) is 4.90 Å². The molecule has 0 fully saturated rings. The van der Waals surface area contributed by atoms with Crippen molar-refractivity contribution >= 4 is 28.9 Å². The monoisotopic (exact) mass is 425 g/mol. The fraction of sp³-hybridized carbons (Fsp3) is 0.222. The summed E-state index contributed by atoms with van der Waals surface area (Å²) in [5, 5.41) is 3.04. The summed E-state index contributed by atoms with van der Waals surface area (Å²) in [6.07, 6.45) is 1.87. The van der Waals surface area contributed by atoms with Gasteiger partial charge in [-0.15, -0.1) is 0 Å². The third kappa shape index (κ3) is 5.30. The van der Waals surface area contributed by atoms with Crippen LogP contribution in [0, 0.1) is 0 Å². The van der Waals surface area contributed by atoms with Crippen LogP contribution in [0.3, 0.4) is 0 Å². The Morgan fingerprint density at radius 3 is 2.38 bits per heavy atom. The zero-order valence-electron chi connectivity index (χ0n) is 18.2. The van der Waals surface area contributed by atoms with Gasteiger partial charge in [0, 0.05) is 6.04 Å². The van der Waals surface area contributed by atoms with E-state index >= 15 is 0 Å². The molecule has 1 heterocycles. The highest BCUT2D eigenvalue weighted by Crippen LogP contribution is 2.32. The fourth-order valence-electron chi connectivity index (χ4n) is 3.88. The number of hydrogen-bond donors (Lipinski definition) is 1. The third-order valence-corrected chi connectivity index (χ3v) is 5.57. The molecule has 32 heavy (non-hydrogen) atoms. The van der Waals surface area contributed by atoms with E-state index in [0.717, 1.165) is 18.4 Å². The van der Waals surface area contributed by atoms with Crippen molar-refractivity contribution in [1.29, 1.82) is 0 Å². The Bertz CT molecular complexity index is 1110. The van der Waals surface area contributed by atoms with Crippen molar-refractivity contribution in [2.75, 3.05) is 11.4 Å². The van der Waals surface area contributed by atoms with Crippen LogP contribution >= 0.6 is 0 Å². The molecule has 162 valence electrons. The van der Waals surface area contributed by atoms with Gasteiger partial charge in [-0.25, -0.2) is 0 Å². The molecule has 1 aliphatic rings. The molecule has 5 heteroatoms. The first kappa shape index (κ1) is 21.5. The number of nitrogens with one attached hydrogen (secondary N) is 1. The van der Waals surface area contributed by atoms with Crippen molar-refractivity contribution in [2.45, 2.75) is 32.2 Å². The topological polar surface area (TPSA) is 61.8 Å². The predicted molar refractivity (Wildman–Crippen MR) is 128 cm³/mol. The molecule has 0 spiro atoms. The summed E-state index contributed by atoms with van der Waals surface area (Å²) < 4.78 is 0. The largest absolute Gasteiger partial charge is 0.352 e. The molecule has 1 N–H and O–H groups in total. The number of benzene rings is 3. The van der Waals surface area contributed by atoms with Crippen molar-refractivity contribution in [1.82, 2.24) is 5.32 Å². The second-order valence-electron chi connectivity index (χ2n) is 8.06. The molecule has 0 saturated heterocycles. The van der Waals surface area contributed by atoms with Crippen LogP contribution in [0.2, 0.25) is 0 Å². The van der Waals surface area contributed by atoms with Gasteiger partial charge in [-0.2, -0.15) is 0 Å². The van der Waals surface area contributed by atoms with E-state index in [-0.39, 0.29) is 30.8 Å². The van der Waals surface area contributed by atoms with Crippen LogP contribution in [0.1, 0.15) is 30.9 Å². The summed E-state index contributed by atoms with van der Waals surface area (Å²) in [5.74, 6) is -0.304. The second-order valence-corrected chi connectivity index (χ2v) is 8.06. The lowest BCUT2D eigenvalue weighted by molar-refractivity contribution is -0.123. The molecule has 1 unspecified atom stereocenters. The SMILES string of the molecule is CC(CCc1ccccc1)NC(=O)CN1C(=O)CC(c2ccccc2)=Nc2ccccc21. The highest BCUT2D eigenvalue weighted by atomic mass is 16.2. The van der Waals surface area contributed by atoms with E-state index in [2.05, 4.69) is 17.4 Å². The van der Waals surface area contributed by atoms with E-state index in [1.165, 1.54) is 5.56 Å². The van der Waals surface area contributed by atoms with Gasteiger partial charge in [-0.3, -0.25) is 14.6 Å². The van der Waals surface area contributed by atoms with Crippen LogP contribution in [-0.2, 0) is 16.0 Å². The standard InChI is InChI=1S/C27H27N3O2/c1-20(16-17-21-10-4-2-5-11-21)28-26(31)19-30-25-15-9-8-14-23(25)29-24(18-27(30)32)22-12-6-3-7-13-22/h2-15,20H,16-19H2,1H3,(H,28,31). The molecule has 0 radical (unpaired) electrons. The Hall–Kier alpha value is -3.73. The smallest absolute Gasteiger partial charge is 0.240 e. The van der Waals surface area contributed by atoms with Crippen LogP contribution in [0.25, 0.3) is 0 Å². The summed E-state index contributed by atoms with van der Waals surface area (Å²) in [6.45, 7) is 1.97. The molecule has 5 nitrogen and oxygen atoms in total. The van der Waals surface area contributed by atoms with Crippen LogP contribution in [0.4, 0.5) is 11.4 Å². The molecule has 0 aliphatic carbocycles. The molecule has 0 aromatic heterocycles. The summed E-state index contributed by atoms with van der Waals surface area (Å²) in [6, 6.07) is 27.4. The van der Waals surface area contributed by atoms with Crippen molar-refractivity contribution in [3.8, 4) is 0 Å². The lowest BCUT2D eigenvalue weighted by Gasteiger charge is -2.23. The number of fused-ring (bicyclic) bond motifs is 1. The van der Waals surface area contributed by atoms with Crippen molar-refractivity contribution in [2.24, 2.45) is 4.99 Å². The lowest BCUT2D eigenvalue weighted by atomic mass is 10.1. The molecule has 4 rings (SSSR count). The molecular weight excluding hydrogens is 398 g/mol. The molecule has 2 amide bonds. The number of nitrogens with zero attached hydrogens (tertiary/aromatic N) is 2. The fourth-order valence-corrected chi connectivity index (χ4v) is 3.88. The van der Waals surface area contributed by atoms with Crippen molar-refractivity contribution < 1.29 is 9.59 Å². The quantitative estimate of drug-likeness (QED) is 0.597. The maximum atomic E-state index is 13.2. The minimum atomic E-state index is -0.170. The Morgan fingerprint density at radius 2 is 1.62 bits per heavy atom. The molecule has 0 bridgehead atoms. The molecule has 0 saturated carbocycles. The zero-order valence-corrected chi connectivity index (χ0v) is 18.2. The first-order valence-corrected chi connectivity index (χ1v) is 11.0. The van der Waals surface area contributed by atoms with Gasteiger partial charge in [0.1, 0.15) is 6.54 Å². The Labute approximate surface area is 188 Å². The number of aliphatic imine (C=N–C) groups is 1. The van der Waals surface area contributed by atoms with E-state index in [0.29, 0.717) is 17.1 Å². The average Bonchev–Trinajstić information content (AvgIpc) is 2.95. The van der Waals surface area contributed by atoms with E-state index in [4.69, 9.17) is 4.99 Å². The van der Waals surface area contributed by atoms with Gasteiger partial charge in [0.25, 0.3) is 0 Å². The molecule has 1 atom stereocenters. The van der Waals surface area contributed by atoms with Gasteiger partial charge in [0.2, 0.25) is 11.8 Å². The highest BCUT2D eigenvalue weighted by Gasteiger charge is 2.26. The number of para-hydroxylation sites is 2. The minimum absolute atomic E-state index is 0.0103. The molecule has 1 aliphatic heterocycles. The average molecular weight is 426 g/mol. The number of hydrogen-bond acceptors (Lipinski definition) is 3. The minimum Gasteiger partial charge on any atom is -0.352 e. The van der Waals surface area contributed by atoms with Gasteiger partial charge in [0.05, 0.1) is 23.5 Å². The van der Waals surface area contributed by atoms with Crippen LogP contribution < -0.4 is 10.2 Å². The highest BCUT2D eigenvalue weighted by molar-refractivity contribution is 6.18. The Balaban J connectivity index is 1.45. The molecular formula is C27H27N3O2. The maximum Gasteiger partial charge on any atom is 0.240 e. The first-order valence-electron chi connectivity index (χ1n) is 11.0. The van der Waals surface area contributed by atoms with Crippen molar-refractivity contribution in [3.05, 3.63) is 96.1 Å². The van der Waals surface area contributed by atoms with Crippen molar-refractivity contribution in [3.63, 3.8) is 0 Å². The number of rotatable bonds is 7. The van der Waals surface area contributed by atoms with E-state index < -0.39 is 0 Å². The molecule has 3 aromatic carbocycles. The predicted octanol–water partition coefficient (Wildman–Crippen LogP) is 4.68. The van der Waals surface area contributed by atoms with Gasteiger partial charge >= 0.3 is 0 Å². The second kappa shape index (κ2) is 10.1. The Morgan fingerprint density at radius 1 is 0.969 bits per heavy atom. The number of amides is 2. The van der Waals surface area contributed by atoms with Crippen LogP contribution in [0.15, 0.2) is 89.9 Å². The zero-order chi connectivity index (χ0) is 22.3. The Kier molecular flexibility index (Phi) is 6.75. The van der Waals surface area contributed by atoms with E-state index in [9.17, 15) is 9.59 Å². The van der Waals surface area contributed by atoms with Crippen LogP contribution in [0.5, 0.6) is 0 Å². The molecule has 3 aromatic rings. The number of carbonyl (C=O) groups excluding carboxylic acids is 2. The normalized spacial score (nSPS) is 14.2. The van der Waals surface area contributed by atoms with E-state index in [1.807, 2.05) is 79.7 Å². The summed E-state index contributed by atoms with van der Waals surface area (Å²) in [4.78, 5) is 32.3. The number of carbonyl (C=O) groups is 2. The lowest BCUT2D eigenvalue weighted by Crippen LogP contribution is -2.43. The number of anilines is 1. The number of aryl methyl sites for hydroxylation is 1. The maximum absolute atomic E-state index is 13.2. The first-order chi connectivity index (χ1) is 15.6.